The Morgan fingerprint density at radius 2 is 1.64 bits per heavy atom. The maximum atomic E-state index is 12.5. The van der Waals surface area contributed by atoms with Crippen molar-refractivity contribution in [3.8, 4) is 17.2 Å². The lowest BCUT2D eigenvalue weighted by Crippen LogP contribution is -2.14. The first-order valence-electron chi connectivity index (χ1n) is 9.70. The Bertz CT molecular complexity index is 1240. The second-order valence-corrected chi connectivity index (χ2v) is 8.27. The molecular weight excluding hydrogens is 446 g/mol. The predicted octanol–water partition coefficient (Wildman–Crippen LogP) is 3.56. The fraction of sp³-hybridized carbons (Fsp3) is 0.130. The summed E-state index contributed by atoms with van der Waals surface area (Å²) in [5.74, 6) is 1.15. The van der Waals surface area contributed by atoms with E-state index in [1.54, 1.807) is 36.4 Å². The molecule has 0 bridgehead atoms. The number of aromatic nitrogens is 1. The summed E-state index contributed by atoms with van der Waals surface area (Å²) in [4.78, 5) is 16.3. The SMILES string of the molecule is COc1ccc(/C=C/C(=O)Nc2ccc(S(=O)(=O)Nc3ccccn3)cc2)c(OC)c1OC. The zero-order valence-corrected chi connectivity index (χ0v) is 19.0. The van der Waals surface area contributed by atoms with Gasteiger partial charge >= 0.3 is 0 Å². The van der Waals surface area contributed by atoms with Crippen LogP contribution >= 0.6 is 0 Å². The molecular formula is C23H23N3O6S. The molecule has 10 heteroatoms. The third-order valence-corrected chi connectivity index (χ3v) is 5.86. The number of anilines is 2. The molecule has 0 aliphatic rings. The van der Waals surface area contributed by atoms with Crippen LogP contribution in [0.15, 0.2) is 71.8 Å². The average Bonchev–Trinajstić information content (AvgIpc) is 2.82. The summed E-state index contributed by atoms with van der Waals surface area (Å²) in [5, 5.41) is 2.68. The van der Waals surface area contributed by atoms with Crippen molar-refractivity contribution in [2.24, 2.45) is 0 Å². The van der Waals surface area contributed by atoms with E-state index in [-0.39, 0.29) is 10.7 Å². The minimum absolute atomic E-state index is 0.0387. The van der Waals surface area contributed by atoms with Gasteiger partial charge in [-0.3, -0.25) is 9.52 Å². The first-order chi connectivity index (χ1) is 15.9. The summed E-state index contributed by atoms with van der Waals surface area (Å²) in [6.07, 6.45) is 4.39. The van der Waals surface area contributed by atoms with Gasteiger partial charge in [-0.25, -0.2) is 13.4 Å². The molecule has 0 unspecified atom stereocenters. The first kappa shape index (κ1) is 23.6. The average molecular weight is 470 g/mol. The van der Waals surface area contributed by atoms with Gasteiger partial charge in [-0.15, -0.1) is 0 Å². The Morgan fingerprint density at radius 1 is 0.909 bits per heavy atom. The summed E-state index contributed by atoms with van der Waals surface area (Å²) in [6.45, 7) is 0. The van der Waals surface area contributed by atoms with E-state index in [4.69, 9.17) is 14.2 Å². The molecule has 2 aromatic carbocycles. The minimum atomic E-state index is -3.80. The number of nitrogens with one attached hydrogen (secondary N) is 2. The largest absolute Gasteiger partial charge is 0.493 e. The van der Waals surface area contributed by atoms with Crippen LogP contribution in [0.25, 0.3) is 6.08 Å². The number of pyridine rings is 1. The molecule has 0 aliphatic carbocycles. The van der Waals surface area contributed by atoms with Crippen molar-refractivity contribution in [2.75, 3.05) is 31.4 Å². The van der Waals surface area contributed by atoms with Crippen molar-refractivity contribution < 1.29 is 27.4 Å². The van der Waals surface area contributed by atoms with Gasteiger partial charge in [-0.05, 0) is 54.6 Å². The summed E-state index contributed by atoms with van der Waals surface area (Å²) in [7, 11) is 0.709. The lowest BCUT2D eigenvalue weighted by Gasteiger charge is -2.14. The standard InChI is InChI=1S/C23H23N3O6S/c1-30-19-13-7-16(22(31-2)23(19)32-3)8-14-21(27)25-17-9-11-18(12-10-17)33(28,29)26-20-6-4-5-15-24-20/h4-15H,1-3H3,(H,24,26)(H,25,27)/b14-8+. The molecule has 3 aromatic rings. The van der Waals surface area contributed by atoms with E-state index in [2.05, 4.69) is 15.0 Å². The molecule has 1 aromatic heterocycles. The van der Waals surface area contributed by atoms with Crippen LogP contribution < -0.4 is 24.2 Å². The van der Waals surface area contributed by atoms with Gasteiger partial charge in [0, 0.05) is 23.5 Å². The Balaban J connectivity index is 1.70. The number of hydrogen-bond acceptors (Lipinski definition) is 7. The number of amides is 1. The van der Waals surface area contributed by atoms with Crippen LogP contribution in [0, 0.1) is 0 Å². The van der Waals surface area contributed by atoms with Crippen LogP contribution in [-0.4, -0.2) is 40.6 Å². The van der Waals surface area contributed by atoms with E-state index in [0.29, 0.717) is 28.5 Å². The molecule has 0 radical (unpaired) electrons. The summed E-state index contributed by atoms with van der Waals surface area (Å²) in [5.41, 5.74) is 1.05. The highest BCUT2D eigenvalue weighted by Gasteiger charge is 2.16. The molecule has 3 rings (SSSR count). The number of carbonyl (C=O) groups is 1. The van der Waals surface area contributed by atoms with Crippen LogP contribution in [0.3, 0.4) is 0 Å². The highest BCUT2D eigenvalue weighted by molar-refractivity contribution is 7.92. The number of carbonyl (C=O) groups excluding carboxylic acids is 1. The van der Waals surface area contributed by atoms with Crippen molar-refractivity contribution in [1.82, 2.24) is 4.98 Å². The summed E-state index contributed by atoms with van der Waals surface area (Å²) >= 11 is 0. The van der Waals surface area contributed by atoms with E-state index >= 15 is 0 Å². The van der Waals surface area contributed by atoms with Gasteiger partial charge in [-0.1, -0.05) is 6.07 Å². The molecule has 0 aliphatic heterocycles. The molecule has 0 fully saturated rings. The van der Waals surface area contributed by atoms with Gasteiger partial charge in [-0.2, -0.15) is 0 Å². The van der Waals surface area contributed by atoms with E-state index in [1.807, 2.05) is 0 Å². The quantitative estimate of drug-likeness (QED) is 0.460. The third kappa shape index (κ3) is 5.80. The molecule has 9 nitrogen and oxygen atoms in total. The van der Waals surface area contributed by atoms with Crippen molar-refractivity contribution in [1.29, 1.82) is 0 Å². The molecule has 1 heterocycles. The second kappa shape index (κ2) is 10.5. The van der Waals surface area contributed by atoms with Crippen LogP contribution in [0.1, 0.15) is 5.56 Å². The molecule has 172 valence electrons. The van der Waals surface area contributed by atoms with Crippen molar-refractivity contribution in [2.45, 2.75) is 4.90 Å². The van der Waals surface area contributed by atoms with Crippen LogP contribution in [0.4, 0.5) is 11.5 Å². The lowest BCUT2D eigenvalue weighted by atomic mass is 10.1. The number of benzene rings is 2. The molecule has 33 heavy (non-hydrogen) atoms. The Morgan fingerprint density at radius 3 is 2.24 bits per heavy atom. The zero-order valence-electron chi connectivity index (χ0n) is 18.2. The first-order valence-corrected chi connectivity index (χ1v) is 11.2. The molecule has 2 N–H and O–H groups in total. The van der Waals surface area contributed by atoms with Crippen molar-refractivity contribution in [3.63, 3.8) is 0 Å². The van der Waals surface area contributed by atoms with Crippen molar-refractivity contribution >= 4 is 33.5 Å². The van der Waals surface area contributed by atoms with Gasteiger partial charge in [0.25, 0.3) is 10.0 Å². The number of rotatable bonds is 9. The van der Waals surface area contributed by atoms with E-state index in [0.717, 1.165) is 0 Å². The molecule has 0 saturated heterocycles. The highest BCUT2D eigenvalue weighted by Crippen LogP contribution is 2.40. The number of hydrogen-bond donors (Lipinski definition) is 2. The lowest BCUT2D eigenvalue weighted by molar-refractivity contribution is -0.111. The molecule has 0 atom stereocenters. The Hall–Kier alpha value is -4.05. The third-order valence-electron chi connectivity index (χ3n) is 4.48. The Kier molecular flexibility index (Phi) is 7.52. The monoisotopic (exact) mass is 469 g/mol. The van der Waals surface area contributed by atoms with Gasteiger partial charge < -0.3 is 19.5 Å². The normalized spacial score (nSPS) is 11.1. The number of sulfonamides is 1. The fourth-order valence-corrected chi connectivity index (χ4v) is 3.95. The highest BCUT2D eigenvalue weighted by atomic mass is 32.2. The number of nitrogens with zero attached hydrogens (tertiary/aromatic N) is 1. The maximum absolute atomic E-state index is 12.5. The Labute approximate surface area is 192 Å². The fourth-order valence-electron chi connectivity index (χ4n) is 2.94. The summed E-state index contributed by atoms with van der Waals surface area (Å²) < 4.78 is 43.3. The minimum Gasteiger partial charge on any atom is -0.493 e. The van der Waals surface area contributed by atoms with Crippen LogP contribution in [0.2, 0.25) is 0 Å². The van der Waals surface area contributed by atoms with Crippen molar-refractivity contribution in [3.05, 3.63) is 72.4 Å². The number of ether oxygens (including phenoxy) is 3. The van der Waals surface area contributed by atoms with Crippen LogP contribution in [-0.2, 0) is 14.8 Å². The van der Waals surface area contributed by atoms with Gasteiger partial charge in [0.2, 0.25) is 11.7 Å². The maximum Gasteiger partial charge on any atom is 0.263 e. The zero-order chi connectivity index (χ0) is 23.8. The molecule has 1 amide bonds. The van der Waals surface area contributed by atoms with Gasteiger partial charge in [0.15, 0.2) is 11.5 Å². The van der Waals surface area contributed by atoms with E-state index < -0.39 is 15.9 Å². The number of methoxy groups -OCH3 is 3. The van der Waals surface area contributed by atoms with Crippen LogP contribution in [0.5, 0.6) is 17.2 Å². The van der Waals surface area contributed by atoms with E-state index in [1.165, 1.54) is 57.9 Å². The van der Waals surface area contributed by atoms with Gasteiger partial charge in [0.1, 0.15) is 5.82 Å². The second-order valence-electron chi connectivity index (χ2n) is 6.59. The molecule has 0 spiro atoms. The smallest absolute Gasteiger partial charge is 0.263 e. The van der Waals surface area contributed by atoms with Gasteiger partial charge in [0.05, 0.1) is 26.2 Å². The predicted molar refractivity (Wildman–Crippen MR) is 125 cm³/mol. The molecule has 0 saturated carbocycles. The van der Waals surface area contributed by atoms with E-state index in [9.17, 15) is 13.2 Å². The topological polar surface area (TPSA) is 116 Å². The summed E-state index contributed by atoms with van der Waals surface area (Å²) in [6, 6.07) is 14.1.